The lowest BCUT2D eigenvalue weighted by Crippen LogP contribution is -2.37. The maximum absolute atomic E-state index is 13.8. The molecule has 3 N–H and O–H groups in total. The van der Waals surface area contributed by atoms with Crippen LogP contribution in [-0.2, 0) is 27.3 Å². The number of aryl methyl sites for hydroxylation is 1. The zero-order valence-electron chi connectivity index (χ0n) is 30.1. The second-order valence-electron chi connectivity index (χ2n) is 15.4. The van der Waals surface area contributed by atoms with Gasteiger partial charge in [-0.2, -0.15) is 10.2 Å². The molecule has 0 saturated heterocycles. The van der Waals surface area contributed by atoms with Gasteiger partial charge in [-0.1, -0.05) is 36.4 Å². The van der Waals surface area contributed by atoms with Crippen molar-refractivity contribution in [3.8, 4) is 11.1 Å². The van der Waals surface area contributed by atoms with E-state index in [0.29, 0.717) is 36.8 Å². The number of nitrogens with zero attached hydrogens (tertiary/aromatic N) is 2. The van der Waals surface area contributed by atoms with Gasteiger partial charge in [-0.05, 0) is 125 Å². The normalized spacial score (nSPS) is 18.7. The van der Waals surface area contributed by atoms with Crippen molar-refractivity contribution < 1.29 is 23.9 Å². The van der Waals surface area contributed by atoms with Crippen LogP contribution in [0.3, 0.4) is 0 Å². The van der Waals surface area contributed by atoms with Crippen LogP contribution >= 0.6 is 0 Å². The Morgan fingerprint density at radius 3 is 2.33 bits per heavy atom. The number of benzene rings is 3. The van der Waals surface area contributed by atoms with Crippen LogP contribution in [0.5, 0.6) is 0 Å². The lowest BCUT2D eigenvalue weighted by molar-refractivity contribution is -0.129. The molecule has 51 heavy (non-hydrogen) atoms. The highest BCUT2D eigenvalue weighted by molar-refractivity contribution is 5.97. The third-order valence-corrected chi connectivity index (χ3v) is 9.97. The highest BCUT2D eigenvalue weighted by atomic mass is 16.6. The first kappa shape index (κ1) is 35.9. The SMILES string of the molecule is Cc1cc(C(=O)NC2CC2)ccc1-c1ccc(C[C@H](CC(=O)C2CCC(CNC(=O)OC(C)(C)C)CC2)C(=O)Nc2ccc3c(c2)N=NC3)cc1. The summed E-state index contributed by atoms with van der Waals surface area (Å²) >= 11 is 0. The van der Waals surface area contributed by atoms with E-state index in [9.17, 15) is 19.2 Å². The van der Waals surface area contributed by atoms with Crippen molar-refractivity contribution in [2.75, 3.05) is 11.9 Å². The minimum Gasteiger partial charge on any atom is -0.444 e. The lowest BCUT2D eigenvalue weighted by atomic mass is 9.77. The largest absolute Gasteiger partial charge is 0.444 e. The minimum absolute atomic E-state index is 0.0334. The van der Waals surface area contributed by atoms with Gasteiger partial charge in [0, 0.05) is 47.7 Å². The number of hydrogen-bond acceptors (Lipinski definition) is 7. The third-order valence-electron chi connectivity index (χ3n) is 9.97. The van der Waals surface area contributed by atoms with Crippen LogP contribution in [-0.4, -0.2) is 41.9 Å². The van der Waals surface area contributed by atoms with E-state index in [1.54, 1.807) is 0 Å². The Labute approximate surface area is 300 Å². The van der Waals surface area contributed by atoms with Crippen LogP contribution < -0.4 is 16.0 Å². The molecular formula is C41H49N5O5. The second kappa shape index (κ2) is 15.6. The van der Waals surface area contributed by atoms with Gasteiger partial charge in [0.1, 0.15) is 11.4 Å². The van der Waals surface area contributed by atoms with Gasteiger partial charge < -0.3 is 20.7 Å². The van der Waals surface area contributed by atoms with E-state index >= 15 is 0 Å². The molecule has 2 fully saturated rings. The van der Waals surface area contributed by atoms with E-state index < -0.39 is 17.6 Å². The summed E-state index contributed by atoms with van der Waals surface area (Å²) in [5.74, 6) is -0.512. The van der Waals surface area contributed by atoms with Crippen LogP contribution in [0.4, 0.5) is 16.2 Å². The zero-order valence-corrected chi connectivity index (χ0v) is 30.1. The summed E-state index contributed by atoms with van der Waals surface area (Å²) in [7, 11) is 0. The lowest BCUT2D eigenvalue weighted by Gasteiger charge is -2.29. The third kappa shape index (κ3) is 9.90. The Morgan fingerprint density at radius 1 is 0.902 bits per heavy atom. The number of ketones is 1. The number of ether oxygens (including phenoxy) is 1. The number of rotatable bonds is 12. The van der Waals surface area contributed by atoms with Crippen molar-refractivity contribution >= 4 is 35.1 Å². The molecule has 268 valence electrons. The Hall–Kier alpha value is -4.86. The summed E-state index contributed by atoms with van der Waals surface area (Å²) in [5, 5.41) is 17.2. The summed E-state index contributed by atoms with van der Waals surface area (Å²) in [5.41, 5.74) is 6.55. The average Bonchev–Trinajstić information content (AvgIpc) is 3.79. The molecule has 0 bridgehead atoms. The Kier molecular flexibility index (Phi) is 11.0. The van der Waals surface area contributed by atoms with Gasteiger partial charge >= 0.3 is 6.09 Å². The van der Waals surface area contributed by atoms with Crippen molar-refractivity contribution in [2.24, 2.45) is 28.0 Å². The van der Waals surface area contributed by atoms with Gasteiger partial charge in [0.05, 0.1) is 12.2 Å². The number of amides is 3. The Morgan fingerprint density at radius 2 is 1.65 bits per heavy atom. The number of anilines is 1. The number of azo groups is 1. The number of fused-ring (bicyclic) bond motifs is 1. The molecule has 1 heterocycles. The predicted octanol–water partition coefficient (Wildman–Crippen LogP) is 8.24. The molecule has 3 aromatic rings. The fraction of sp³-hybridized carbons (Fsp3) is 0.463. The Balaban J connectivity index is 1.10. The molecule has 1 atom stereocenters. The summed E-state index contributed by atoms with van der Waals surface area (Å²) in [6.45, 7) is 8.58. The monoisotopic (exact) mass is 691 g/mol. The Bertz CT molecular complexity index is 1800. The predicted molar refractivity (Wildman–Crippen MR) is 197 cm³/mol. The van der Waals surface area contributed by atoms with Gasteiger partial charge in [-0.15, -0.1) is 0 Å². The minimum atomic E-state index is -0.559. The van der Waals surface area contributed by atoms with E-state index in [2.05, 4.69) is 26.2 Å². The van der Waals surface area contributed by atoms with Crippen LogP contribution in [0, 0.1) is 24.7 Å². The molecule has 3 aliphatic rings. The summed E-state index contributed by atoms with van der Waals surface area (Å²) < 4.78 is 5.36. The number of carbonyl (C=O) groups is 4. The van der Waals surface area contributed by atoms with E-state index in [1.165, 1.54) is 0 Å². The highest BCUT2D eigenvalue weighted by Crippen LogP contribution is 2.33. The molecule has 2 aliphatic carbocycles. The van der Waals surface area contributed by atoms with Crippen LogP contribution in [0.2, 0.25) is 0 Å². The van der Waals surface area contributed by atoms with Gasteiger partial charge in [-0.25, -0.2) is 4.79 Å². The molecular weight excluding hydrogens is 642 g/mol. The number of hydrogen-bond donors (Lipinski definition) is 3. The fourth-order valence-corrected chi connectivity index (χ4v) is 6.93. The first-order valence-electron chi connectivity index (χ1n) is 18.2. The van der Waals surface area contributed by atoms with Crippen molar-refractivity contribution in [3.63, 3.8) is 0 Å². The quantitative estimate of drug-likeness (QED) is 0.176. The molecule has 0 spiro atoms. The average molecular weight is 692 g/mol. The van der Waals surface area contributed by atoms with Gasteiger partial charge in [0.15, 0.2) is 0 Å². The topological polar surface area (TPSA) is 138 Å². The molecule has 10 nitrogen and oxygen atoms in total. The van der Waals surface area contributed by atoms with E-state index in [1.807, 2.05) is 88.4 Å². The molecule has 0 unspecified atom stereocenters. The molecule has 10 heteroatoms. The maximum atomic E-state index is 13.8. The molecule has 3 aromatic carbocycles. The first-order valence-corrected chi connectivity index (χ1v) is 18.2. The molecule has 2 saturated carbocycles. The van der Waals surface area contributed by atoms with Gasteiger partial charge in [0.2, 0.25) is 5.91 Å². The molecule has 1 aliphatic heterocycles. The smallest absolute Gasteiger partial charge is 0.407 e. The first-order chi connectivity index (χ1) is 24.4. The van der Waals surface area contributed by atoms with Crippen LogP contribution in [0.1, 0.15) is 92.8 Å². The van der Waals surface area contributed by atoms with Crippen LogP contribution in [0.25, 0.3) is 11.1 Å². The number of carbonyl (C=O) groups excluding carboxylic acids is 4. The highest BCUT2D eigenvalue weighted by Gasteiger charge is 2.31. The maximum Gasteiger partial charge on any atom is 0.407 e. The van der Waals surface area contributed by atoms with Gasteiger partial charge in [0.25, 0.3) is 5.91 Å². The standard InChI is InChI=1S/C41H49N5O5/c1-25-19-30(38(48)44-33-16-17-33)14-18-35(25)28-9-5-26(6-10-28)20-32(39(49)45-34-15-13-31-24-43-46-36(31)22-34)21-37(47)29-11-7-27(8-12-29)23-42-40(50)51-41(2,3)4/h5-6,9-10,13-15,18-19,22,27,29,32-33H,7-8,11-12,16-17,20-21,23-24H2,1-4H3,(H,42,50)(H,44,48)(H,45,49)/t27?,29?,32-/m1/s1. The summed E-state index contributed by atoms with van der Waals surface area (Å²) in [4.78, 5) is 52.2. The van der Waals surface area contributed by atoms with Crippen molar-refractivity contribution in [1.29, 1.82) is 0 Å². The summed E-state index contributed by atoms with van der Waals surface area (Å²) in [6, 6.07) is 19.8. The van der Waals surface area contributed by atoms with Crippen molar-refractivity contribution in [2.45, 2.75) is 97.2 Å². The van der Waals surface area contributed by atoms with E-state index in [4.69, 9.17) is 4.74 Å². The fourth-order valence-electron chi connectivity index (χ4n) is 6.93. The zero-order chi connectivity index (χ0) is 36.1. The van der Waals surface area contributed by atoms with Gasteiger partial charge in [-0.3, -0.25) is 14.4 Å². The van der Waals surface area contributed by atoms with Crippen molar-refractivity contribution in [1.82, 2.24) is 10.6 Å². The van der Waals surface area contributed by atoms with Crippen molar-refractivity contribution in [3.05, 3.63) is 82.9 Å². The number of alkyl carbamates (subject to hydrolysis) is 1. The number of Topliss-reactive ketones (excluding diaryl/α,β-unsaturated/α-hetero) is 1. The van der Waals surface area contributed by atoms with E-state index in [-0.39, 0.29) is 35.9 Å². The van der Waals surface area contributed by atoms with Crippen LogP contribution in [0.15, 0.2) is 70.9 Å². The number of nitrogens with one attached hydrogen (secondary N) is 3. The molecule has 3 amide bonds. The summed E-state index contributed by atoms with van der Waals surface area (Å²) in [6.07, 6.45) is 5.37. The molecule has 6 rings (SSSR count). The molecule has 0 aromatic heterocycles. The second-order valence-corrected chi connectivity index (χ2v) is 15.4. The van der Waals surface area contributed by atoms with E-state index in [0.717, 1.165) is 72.0 Å². The molecule has 0 radical (unpaired) electrons.